The Kier molecular flexibility index (Phi) is 6.82. The predicted molar refractivity (Wildman–Crippen MR) is 89.2 cm³/mol. The largest absolute Gasteiger partial charge is 0.425 e. The van der Waals surface area contributed by atoms with E-state index in [0.717, 1.165) is 0 Å². The highest BCUT2D eigenvalue weighted by atomic mass is 35.6. The van der Waals surface area contributed by atoms with Gasteiger partial charge in [0.1, 0.15) is 34.9 Å². The minimum absolute atomic E-state index is 2.76. The maximum absolute atomic E-state index is 14.6. The monoisotopic (exact) mass is 563 g/mol. The molecule has 0 spiro atoms. The maximum atomic E-state index is 14.6. The Morgan fingerprint density at radius 3 is 0.514 bits per heavy atom. The molecular weight excluding hydrogens is 564 g/mol. The molecule has 17 heteroatoms. The summed E-state index contributed by atoms with van der Waals surface area (Å²) in [7, 11) is 5.70. The molecule has 0 saturated heterocycles. The highest BCUT2D eigenvalue weighted by Crippen LogP contribution is 2.29. The van der Waals surface area contributed by atoms with E-state index in [2.05, 4.69) is 0 Å². The van der Waals surface area contributed by atoms with Gasteiger partial charge in [-0.1, -0.05) is 0 Å². The van der Waals surface area contributed by atoms with Crippen LogP contribution < -0.4 is 13.3 Å². The van der Waals surface area contributed by atoms with Gasteiger partial charge in [-0.2, -0.15) is 0 Å². The van der Waals surface area contributed by atoms with Crippen LogP contribution in [0.4, 0.5) is 65.9 Å². The second-order valence-corrected chi connectivity index (χ2v) is 11.9. The summed E-state index contributed by atoms with van der Waals surface area (Å²) in [4.78, 5) is 0. The fourth-order valence-corrected chi connectivity index (χ4v) is 8.79. The average Bonchev–Trinajstić information content (AvgIpc) is 2.81. The van der Waals surface area contributed by atoms with Gasteiger partial charge in [0.05, 0.1) is 0 Å². The molecule has 188 valence electrons. The van der Waals surface area contributed by atoms with E-state index in [0.29, 0.717) is 0 Å². The van der Waals surface area contributed by atoms with Crippen LogP contribution in [0.25, 0.3) is 0 Å². The first-order valence-corrected chi connectivity index (χ1v) is 11.9. The van der Waals surface area contributed by atoms with Gasteiger partial charge in [0.2, 0.25) is 0 Å². The fraction of sp³-hybridized carbons (Fsp3) is 0. The first-order valence-electron chi connectivity index (χ1n) is 8.42. The van der Waals surface area contributed by atoms with E-state index in [1.807, 2.05) is 0 Å². The van der Waals surface area contributed by atoms with Crippen molar-refractivity contribution in [2.75, 3.05) is 0 Å². The molecule has 0 aliphatic heterocycles. The summed E-state index contributed by atoms with van der Waals surface area (Å²) in [6.45, 7) is 0. The zero-order chi connectivity index (χ0) is 26.9. The molecule has 0 radical (unpaired) electrons. The average molecular weight is 564 g/mol. The van der Waals surface area contributed by atoms with Gasteiger partial charge in [-0.15, -0.1) is 13.3 Å². The number of hydrogen-bond acceptors (Lipinski definition) is 0. The van der Waals surface area contributed by atoms with Crippen molar-refractivity contribution >= 4 is 35.5 Å². The molecule has 35 heavy (non-hydrogen) atoms. The molecule has 0 amide bonds. The summed E-state index contributed by atoms with van der Waals surface area (Å²) in [5, 5.41) is 0. The van der Waals surface area contributed by atoms with Gasteiger partial charge in [-0.05, 0) is 0 Å². The van der Waals surface area contributed by atoms with Crippen molar-refractivity contribution in [3.63, 3.8) is 0 Å². The lowest BCUT2D eigenvalue weighted by Crippen LogP contribution is -2.69. The standard InChI is InChI=1S/3C6F5.Al.ClH/c3*7-2-1-3(8)5(10)6(11)4(2)9;;/h;;;;1H/p-1. The number of rotatable bonds is 3. The van der Waals surface area contributed by atoms with Crippen LogP contribution in [-0.4, -0.2) is 12.2 Å². The molecular formula is C18AlClF15-. The number of halogens is 16. The van der Waals surface area contributed by atoms with Crippen LogP contribution in [0.3, 0.4) is 0 Å². The van der Waals surface area contributed by atoms with Gasteiger partial charge in [0, 0.05) is 0 Å². The van der Waals surface area contributed by atoms with Crippen molar-refractivity contribution < 1.29 is 65.9 Å². The van der Waals surface area contributed by atoms with Crippen molar-refractivity contribution in [2.24, 2.45) is 0 Å². The number of benzene rings is 3. The van der Waals surface area contributed by atoms with Crippen molar-refractivity contribution in [2.45, 2.75) is 0 Å². The molecule has 0 aliphatic rings. The normalized spacial score (nSPS) is 12.0. The molecule has 0 heterocycles. The van der Waals surface area contributed by atoms with Gasteiger partial charge < -0.3 is 10.0 Å². The first-order chi connectivity index (χ1) is 16.0. The predicted octanol–water partition coefficient (Wildman–Crippen LogP) is 4.98. The summed E-state index contributed by atoms with van der Waals surface area (Å²) >= 11 is -7.55. The second kappa shape index (κ2) is 8.83. The Morgan fingerprint density at radius 1 is 0.257 bits per heavy atom. The van der Waals surface area contributed by atoms with Crippen LogP contribution in [0.15, 0.2) is 0 Å². The summed E-state index contributed by atoms with van der Waals surface area (Å²) in [6.07, 6.45) is 0. The first kappa shape index (κ1) is 27.0. The van der Waals surface area contributed by atoms with Crippen LogP contribution in [0.5, 0.6) is 0 Å². The number of hydrogen-bond donors (Lipinski definition) is 0. The molecule has 0 aliphatic carbocycles. The zero-order valence-electron chi connectivity index (χ0n) is 15.6. The van der Waals surface area contributed by atoms with Gasteiger partial charge >= 0.3 is 12.2 Å². The van der Waals surface area contributed by atoms with Crippen LogP contribution in [0.1, 0.15) is 0 Å². The highest BCUT2D eigenvalue weighted by molar-refractivity contribution is 7.40. The lowest BCUT2D eigenvalue weighted by Gasteiger charge is -2.35. The topological polar surface area (TPSA) is 0 Å². The molecule has 0 saturated carbocycles. The van der Waals surface area contributed by atoms with E-state index < -0.39 is 113 Å². The second-order valence-electron chi connectivity index (χ2n) is 6.71. The lowest BCUT2D eigenvalue weighted by molar-refractivity contribution is 0.380. The molecule has 0 nitrogen and oxygen atoms in total. The van der Waals surface area contributed by atoms with Crippen LogP contribution in [0, 0.1) is 87.3 Å². The third kappa shape index (κ3) is 3.56. The summed E-state index contributed by atoms with van der Waals surface area (Å²) in [6, 6.07) is 0. The van der Waals surface area contributed by atoms with Gasteiger partial charge in [0.15, 0.2) is 52.4 Å². The molecule has 0 atom stereocenters. The maximum Gasteiger partial charge on any atom is 0.359 e. The van der Waals surface area contributed by atoms with E-state index >= 15 is 0 Å². The zero-order valence-corrected chi connectivity index (χ0v) is 17.5. The van der Waals surface area contributed by atoms with Crippen molar-refractivity contribution in [1.29, 1.82) is 0 Å². The highest BCUT2D eigenvalue weighted by Gasteiger charge is 2.50. The van der Waals surface area contributed by atoms with E-state index in [-0.39, 0.29) is 0 Å². The smallest absolute Gasteiger partial charge is 0.359 e. The van der Waals surface area contributed by atoms with E-state index in [4.69, 9.17) is 10.0 Å². The summed E-state index contributed by atoms with van der Waals surface area (Å²) in [5.74, 6) is -46.1. The van der Waals surface area contributed by atoms with Crippen LogP contribution in [-0.2, 0) is 0 Å². The minimum Gasteiger partial charge on any atom is -0.425 e. The van der Waals surface area contributed by atoms with E-state index in [1.165, 1.54) is 0 Å². The Balaban J connectivity index is 2.78. The van der Waals surface area contributed by atoms with Gasteiger partial charge in [-0.25, -0.2) is 65.9 Å². The van der Waals surface area contributed by atoms with Crippen LogP contribution >= 0.6 is 10.0 Å². The molecule has 3 rings (SSSR count). The minimum atomic E-state index is -7.55. The molecule has 3 aromatic carbocycles. The third-order valence-electron chi connectivity index (χ3n) is 4.92. The van der Waals surface area contributed by atoms with E-state index in [9.17, 15) is 65.9 Å². The Bertz CT molecular complexity index is 1170. The van der Waals surface area contributed by atoms with Crippen molar-refractivity contribution in [1.82, 2.24) is 0 Å². The quantitative estimate of drug-likeness (QED) is 0.183. The van der Waals surface area contributed by atoms with Crippen molar-refractivity contribution in [3.8, 4) is 0 Å². The molecule has 3 aromatic rings. The van der Waals surface area contributed by atoms with Crippen molar-refractivity contribution in [3.05, 3.63) is 87.3 Å². The van der Waals surface area contributed by atoms with Gasteiger partial charge in [0.25, 0.3) is 0 Å². The SMILES string of the molecule is Fc1c(F)c(F)[c]([Al-]([Cl])([c]2c(F)c(F)c(F)c(F)c2F)[c]2c(F)c(F)c(F)c(F)c2F)c(F)c1F. The lowest BCUT2D eigenvalue weighted by atomic mass is 10.3. The van der Waals surface area contributed by atoms with Gasteiger partial charge in [-0.3, -0.25) is 0 Å². The molecule has 0 N–H and O–H groups in total. The molecule has 0 fully saturated rings. The molecule has 0 unspecified atom stereocenters. The fourth-order valence-electron chi connectivity index (χ4n) is 3.35. The molecule has 0 aromatic heterocycles. The summed E-state index contributed by atoms with van der Waals surface area (Å²) in [5.41, 5.74) is 0. The third-order valence-corrected chi connectivity index (χ3v) is 10.8. The Hall–Kier alpha value is -2.57. The van der Waals surface area contributed by atoms with Crippen LogP contribution in [0.2, 0.25) is 0 Å². The Labute approximate surface area is 189 Å². The molecule has 0 bridgehead atoms. The Morgan fingerprint density at radius 2 is 0.371 bits per heavy atom. The van der Waals surface area contributed by atoms with E-state index in [1.54, 1.807) is 0 Å². The summed E-state index contributed by atoms with van der Waals surface area (Å²) < 4.78 is 203.